The van der Waals surface area contributed by atoms with Crippen LogP contribution < -0.4 is 10.2 Å². The van der Waals surface area contributed by atoms with Gasteiger partial charge in [0.2, 0.25) is 0 Å². The summed E-state index contributed by atoms with van der Waals surface area (Å²) in [7, 11) is 0. The highest BCUT2D eigenvalue weighted by molar-refractivity contribution is 7.14. The van der Waals surface area contributed by atoms with Gasteiger partial charge >= 0.3 is 5.97 Å². The van der Waals surface area contributed by atoms with Gasteiger partial charge in [0.15, 0.2) is 5.13 Å². The van der Waals surface area contributed by atoms with Gasteiger partial charge in [0.25, 0.3) is 5.91 Å². The molecule has 1 aliphatic rings. The number of benzene rings is 2. The Balaban J connectivity index is 1.49. The summed E-state index contributed by atoms with van der Waals surface area (Å²) >= 11 is 13.9. The molecule has 1 aromatic heterocycles. The van der Waals surface area contributed by atoms with Gasteiger partial charge in [-0.3, -0.25) is 9.59 Å². The van der Waals surface area contributed by atoms with E-state index in [9.17, 15) is 9.59 Å². The molecule has 0 spiro atoms. The third-order valence-electron chi connectivity index (χ3n) is 6.28. The van der Waals surface area contributed by atoms with Crippen molar-refractivity contribution in [3.05, 3.63) is 80.7 Å². The Morgan fingerprint density at radius 3 is 2.59 bits per heavy atom. The first-order valence-corrected chi connectivity index (χ1v) is 14.0. The highest BCUT2D eigenvalue weighted by Gasteiger charge is 2.16. The maximum absolute atomic E-state index is 12.3. The number of allylic oxidation sites excluding steroid dienone is 1. The van der Waals surface area contributed by atoms with E-state index >= 15 is 0 Å². The van der Waals surface area contributed by atoms with Crippen LogP contribution in [0.1, 0.15) is 54.4 Å². The Morgan fingerprint density at radius 1 is 1.08 bits per heavy atom. The second kappa shape index (κ2) is 13.1. The van der Waals surface area contributed by atoms with Crippen molar-refractivity contribution in [3.8, 4) is 11.3 Å². The van der Waals surface area contributed by atoms with Gasteiger partial charge in [0.05, 0.1) is 22.2 Å². The number of rotatable bonds is 11. The molecule has 2 N–H and O–H groups in total. The molecule has 1 amide bonds. The number of nitrogens with one attached hydrogen (secondary N) is 1. The fourth-order valence-electron chi connectivity index (χ4n) is 4.22. The van der Waals surface area contributed by atoms with E-state index in [4.69, 9.17) is 33.3 Å². The van der Waals surface area contributed by atoms with E-state index in [1.165, 1.54) is 18.4 Å². The maximum Gasteiger partial charge on any atom is 0.305 e. The Labute approximate surface area is 230 Å². The number of aliphatic carboxylic acids is 1. The van der Waals surface area contributed by atoms with Crippen molar-refractivity contribution in [2.75, 3.05) is 18.0 Å². The minimum Gasteiger partial charge on any atom is -0.481 e. The summed E-state index contributed by atoms with van der Waals surface area (Å²) in [5.74, 6) is -1.22. The smallest absolute Gasteiger partial charge is 0.305 e. The summed E-state index contributed by atoms with van der Waals surface area (Å²) in [4.78, 5) is 30.2. The largest absolute Gasteiger partial charge is 0.481 e. The summed E-state index contributed by atoms with van der Waals surface area (Å²) in [6.45, 7) is 1.60. The van der Waals surface area contributed by atoms with Crippen LogP contribution in [0.4, 0.5) is 5.13 Å². The standard InChI is InChI=1S/C28H29Cl2N3O3S/c29-23-11-10-22(16-24(23)30)25-18-37-28(32-25)33(15-13-19-4-2-1-3-5-19)17-20-6-8-21(9-7-20)27(36)31-14-12-26(34)35/h4,6-11,16,18H,1-3,5,12-15,17H2,(H,31,36)(H,34,35). The van der Waals surface area contributed by atoms with Gasteiger partial charge < -0.3 is 15.3 Å². The first kappa shape index (κ1) is 27.2. The number of amides is 1. The number of hydrogen-bond acceptors (Lipinski definition) is 5. The molecule has 37 heavy (non-hydrogen) atoms. The molecule has 1 heterocycles. The fraction of sp³-hybridized carbons (Fsp3) is 0.321. The molecule has 2 aromatic carbocycles. The average molecular weight is 559 g/mol. The summed E-state index contributed by atoms with van der Waals surface area (Å²) in [6, 6.07) is 13.0. The molecular formula is C28H29Cl2N3O3S. The lowest BCUT2D eigenvalue weighted by atomic mass is 9.97. The van der Waals surface area contributed by atoms with E-state index in [0.29, 0.717) is 22.2 Å². The minimum absolute atomic E-state index is 0.102. The molecule has 3 aromatic rings. The Kier molecular flexibility index (Phi) is 9.61. The number of carboxylic acids is 1. The number of carbonyl (C=O) groups excluding carboxylic acids is 1. The number of thiazole rings is 1. The van der Waals surface area contributed by atoms with E-state index < -0.39 is 5.97 Å². The van der Waals surface area contributed by atoms with E-state index in [2.05, 4.69) is 16.3 Å². The summed E-state index contributed by atoms with van der Waals surface area (Å²) in [5, 5.41) is 15.4. The Morgan fingerprint density at radius 2 is 1.89 bits per heavy atom. The number of anilines is 1. The normalized spacial score (nSPS) is 13.2. The van der Waals surface area contributed by atoms with Crippen LogP contribution in [0.25, 0.3) is 11.3 Å². The highest BCUT2D eigenvalue weighted by atomic mass is 35.5. The minimum atomic E-state index is -0.941. The fourth-order valence-corrected chi connectivity index (χ4v) is 5.38. The van der Waals surface area contributed by atoms with Crippen LogP contribution in [0.5, 0.6) is 0 Å². The van der Waals surface area contributed by atoms with Crippen molar-refractivity contribution in [1.82, 2.24) is 10.3 Å². The molecule has 0 fully saturated rings. The number of halogens is 2. The second-order valence-electron chi connectivity index (χ2n) is 9.02. The molecule has 0 aliphatic heterocycles. The Hall–Kier alpha value is -2.87. The average Bonchev–Trinajstić information content (AvgIpc) is 3.39. The monoisotopic (exact) mass is 557 g/mol. The lowest BCUT2D eigenvalue weighted by Crippen LogP contribution is -2.26. The van der Waals surface area contributed by atoms with Crippen LogP contribution in [0.2, 0.25) is 10.0 Å². The first-order chi connectivity index (χ1) is 17.9. The second-order valence-corrected chi connectivity index (χ2v) is 10.7. The van der Waals surface area contributed by atoms with Gasteiger partial charge in [-0.15, -0.1) is 11.3 Å². The molecule has 0 bridgehead atoms. The SMILES string of the molecule is O=C(O)CCNC(=O)c1ccc(CN(CCC2=CCCCC2)c2nc(-c3ccc(Cl)c(Cl)c3)cs2)cc1. The number of carbonyl (C=O) groups is 2. The molecule has 0 saturated heterocycles. The quantitative estimate of drug-likeness (QED) is 0.243. The predicted octanol–water partition coefficient (Wildman–Crippen LogP) is 7.22. The zero-order valence-corrected chi connectivity index (χ0v) is 22.7. The molecule has 0 radical (unpaired) electrons. The van der Waals surface area contributed by atoms with Crippen molar-refractivity contribution in [2.24, 2.45) is 0 Å². The van der Waals surface area contributed by atoms with Crippen molar-refractivity contribution in [1.29, 1.82) is 0 Å². The van der Waals surface area contributed by atoms with Crippen LogP contribution in [0.15, 0.2) is 59.5 Å². The van der Waals surface area contributed by atoms with Crippen LogP contribution in [-0.4, -0.2) is 35.1 Å². The van der Waals surface area contributed by atoms with Gasteiger partial charge in [-0.1, -0.05) is 53.1 Å². The van der Waals surface area contributed by atoms with Crippen molar-refractivity contribution >= 4 is 51.5 Å². The molecular weight excluding hydrogens is 529 g/mol. The van der Waals surface area contributed by atoms with E-state index in [0.717, 1.165) is 47.8 Å². The lowest BCUT2D eigenvalue weighted by molar-refractivity contribution is -0.136. The van der Waals surface area contributed by atoms with Crippen LogP contribution in [-0.2, 0) is 11.3 Å². The topological polar surface area (TPSA) is 82.5 Å². The zero-order chi connectivity index (χ0) is 26.2. The van der Waals surface area contributed by atoms with Gasteiger partial charge in [-0.25, -0.2) is 4.98 Å². The van der Waals surface area contributed by atoms with Crippen LogP contribution in [0, 0.1) is 0 Å². The van der Waals surface area contributed by atoms with Crippen molar-refractivity contribution < 1.29 is 14.7 Å². The molecule has 0 atom stereocenters. The van der Waals surface area contributed by atoms with E-state index in [1.54, 1.807) is 29.5 Å². The number of hydrogen-bond donors (Lipinski definition) is 2. The summed E-state index contributed by atoms with van der Waals surface area (Å²) in [6.07, 6.45) is 8.10. The molecule has 4 rings (SSSR count). The first-order valence-electron chi connectivity index (χ1n) is 12.3. The third-order valence-corrected chi connectivity index (χ3v) is 7.92. The van der Waals surface area contributed by atoms with Gasteiger partial charge in [-0.05, 0) is 61.9 Å². The highest BCUT2D eigenvalue weighted by Crippen LogP contribution is 2.33. The van der Waals surface area contributed by atoms with Gasteiger partial charge in [-0.2, -0.15) is 0 Å². The summed E-state index contributed by atoms with van der Waals surface area (Å²) < 4.78 is 0. The maximum atomic E-state index is 12.3. The molecule has 0 unspecified atom stereocenters. The lowest BCUT2D eigenvalue weighted by Gasteiger charge is -2.24. The van der Waals surface area contributed by atoms with E-state index in [1.807, 2.05) is 29.6 Å². The van der Waals surface area contributed by atoms with Crippen molar-refractivity contribution in [3.63, 3.8) is 0 Å². The Bertz CT molecular complexity index is 1270. The van der Waals surface area contributed by atoms with Gasteiger partial charge in [0, 0.05) is 36.1 Å². The van der Waals surface area contributed by atoms with E-state index in [-0.39, 0.29) is 18.9 Å². The van der Waals surface area contributed by atoms with Gasteiger partial charge in [0.1, 0.15) is 0 Å². The van der Waals surface area contributed by atoms with Crippen molar-refractivity contribution in [2.45, 2.75) is 45.1 Å². The predicted molar refractivity (Wildman–Crippen MR) is 151 cm³/mol. The van der Waals surface area contributed by atoms with Crippen LogP contribution >= 0.6 is 34.5 Å². The number of nitrogens with zero attached hydrogens (tertiary/aromatic N) is 2. The molecule has 0 saturated carbocycles. The molecule has 1 aliphatic carbocycles. The third kappa shape index (κ3) is 7.81. The molecule has 6 nitrogen and oxygen atoms in total. The summed E-state index contributed by atoms with van der Waals surface area (Å²) in [5.41, 5.74) is 4.85. The molecule has 9 heteroatoms. The van der Waals surface area contributed by atoms with Crippen LogP contribution in [0.3, 0.4) is 0 Å². The number of carboxylic acid groups (broad SMARTS) is 1. The molecule has 194 valence electrons. The zero-order valence-electron chi connectivity index (χ0n) is 20.4. The number of aromatic nitrogens is 1.